The van der Waals surface area contributed by atoms with Crippen LogP contribution in [0.25, 0.3) is 0 Å². The number of nitrogens with one attached hydrogen (secondary N) is 1. The number of aryl methyl sites for hydroxylation is 1. The van der Waals surface area contributed by atoms with Gasteiger partial charge in [0.25, 0.3) is 0 Å². The molecule has 3 N–H and O–H groups in total. The van der Waals surface area contributed by atoms with Gasteiger partial charge in [-0.1, -0.05) is 37.6 Å². The first kappa shape index (κ1) is 15.7. The molecule has 1 atom stereocenters. The van der Waals surface area contributed by atoms with Crippen molar-refractivity contribution in [3.8, 4) is 0 Å². The zero-order valence-electron chi connectivity index (χ0n) is 12.5. The lowest BCUT2D eigenvalue weighted by Gasteiger charge is -2.27. The van der Waals surface area contributed by atoms with Crippen LogP contribution in [-0.2, 0) is 11.2 Å². The first-order valence-corrected chi connectivity index (χ1v) is 7.03. The van der Waals surface area contributed by atoms with Gasteiger partial charge in [-0.3, -0.25) is 10.1 Å². The molecule has 3 nitrogen and oxygen atoms in total. The van der Waals surface area contributed by atoms with Crippen molar-refractivity contribution in [2.45, 2.75) is 58.5 Å². The van der Waals surface area contributed by atoms with Crippen molar-refractivity contribution in [3.63, 3.8) is 0 Å². The molecule has 0 aliphatic carbocycles. The number of hydrogen-bond acceptors (Lipinski definition) is 2. The third kappa shape index (κ3) is 4.67. The highest BCUT2D eigenvalue weighted by Crippen LogP contribution is 2.17. The van der Waals surface area contributed by atoms with Gasteiger partial charge in [0.05, 0.1) is 5.54 Å². The van der Waals surface area contributed by atoms with E-state index in [4.69, 9.17) is 5.73 Å². The smallest absolute Gasteiger partial charge is 0.237 e. The molecular weight excluding hydrogens is 236 g/mol. The highest BCUT2D eigenvalue weighted by molar-refractivity contribution is 5.83. The van der Waals surface area contributed by atoms with E-state index in [1.165, 1.54) is 24.0 Å². The number of hydrogen-bond donors (Lipinski definition) is 2. The Morgan fingerprint density at radius 2 is 1.89 bits per heavy atom. The summed E-state index contributed by atoms with van der Waals surface area (Å²) in [6.45, 7) is 7.86. The van der Waals surface area contributed by atoms with Gasteiger partial charge < -0.3 is 5.73 Å². The highest BCUT2D eigenvalue weighted by Gasteiger charge is 2.26. The van der Waals surface area contributed by atoms with Gasteiger partial charge in [-0.05, 0) is 44.7 Å². The zero-order valence-corrected chi connectivity index (χ0v) is 12.5. The summed E-state index contributed by atoms with van der Waals surface area (Å²) in [5.74, 6) is -0.334. The fourth-order valence-corrected chi connectivity index (χ4v) is 2.05. The van der Waals surface area contributed by atoms with Crippen molar-refractivity contribution in [2.75, 3.05) is 0 Å². The van der Waals surface area contributed by atoms with Gasteiger partial charge >= 0.3 is 0 Å². The number of carbonyl (C=O) groups excluding carboxylic acids is 1. The van der Waals surface area contributed by atoms with Crippen molar-refractivity contribution in [3.05, 3.63) is 35.4 Å². The lowest BCUT2D eigenvalue weighted by molar-refractivity contribution is -0.123. The van der Waals surface area contributed by atoms with Crippen LogP contribution in [0.1, 0.15) is 57.7 Å². The minimum atomic E-state index is -0.694. The topological polar surface area (TPSA) is 55.1 Å². The van der Waals surface area contributed by atoms with Crippen LogP contribution in [0.4, 0.5) is 0 Å². The molecule has 1 unspecified atom stereocenters. The Labute approximate surface area is 116 Å². The lowest BCUT2D eigenvalue weighted by Crippen LogP contribution is -2.51. The summed E-state index contributed by atoms with van der Waals surface area (Å²) in [6, 6.07) is 8.68. The number of primary amides is 1. The highest BCUT2D eigenvalue weighted by atomic mass is 16.1. The fraction of sp³-hybridized carbons (Fsp3) is 0.562. The molecule has 0 aliphatic heterocycles. The van der Waals surface area contributed by atoms with Crippen LogP contribution in [0, 0.1) is 0 Å². The van der Waals surface area contributed by atoms with Crippen molar-refractivity contribution in [1.29, 1.82) is 0 Å². The monoisotopic (exact) mass is 262 g/mol. The van der Waals surface area contributed by atoms with Gasteiger partial charge in [0.2, 0.25) is 5.91 Å². The Morgan fingerprint density at radius 3 is 2.37 bits per heavy atom. The summed E-state index contributed by atoms with van der Waals surface area (Å²) in [6.07, 6.45) is 3.57. The van der Waals surface area contributed by atoms with E-state index >= 15 is 0 Å². The number of unbranched alkanes of at least 4 members (excludes halogenated alkanes) is 1. The number of benzene rings is 1. The van der Waals surface area contributed by atoms with Crippen molar-refractivity contribution in [1.82, 2.24) is 5.32 Å². The minimum Gasteiger partial charge on any atom is -0.368 e. The second-order valence-electron chi connectivity index (χ2n) is 5.70. The SMILES string of the molecule is CCCCc1ccc(C(C)NC(C)(C)C(N)=O)cc1. The molecule has 0 spiro atoms. The van der Waals surface area contributed by atoms with Crippen LogP contribution in [0.3, 0.4) is 0 Å². The van der Waals surface area contributed by atoms with Crippen molar-refractivity contribution < 1.29 is 4.79 Å². The van der Waals surface area contributed by atoms with Crippen molar-refractivity contribution in [2.24, 2.45) is 5.73 Å². The van der Waals surface area contributed by atoms with Crippen LogP contribution in [0.2, 0.25) is 0 Å². The normalized spacial score (nSPS) is 13.3. The van der Waals surface area contributed by atoms with Gasteiger partial charge in [0, 0.05) is 6.04 Å². The van der Waals surface area contributed by atoms with Crippen LogP contribution >= 0.6 is 0 Å². The standard InChI is InChI=1S/C16H26N2O/c1-5-6-7-13-8-10-14(11-9-13)12(2)18-16(3,4)15(17)19/h8-12,18H,5-7H2,1-4H3,(H2,17,19). The van der Waals surface area contributed by atoms with Crippen molar-refractivity contribution >= 4 is 5.91 Å². The van der Waals surface area contributed by atoms with Crippen LogP contribution in [-0.4, -0.2) is 11.4 Å². The van der Waals surface area contributed by atoms with Gasteiger partial charge in [-0.2, -0.15) is 0 Å². The predicted octanol–water partition coefficient (Wildman–Crippen LogP) is 2.94. The number of nitrogens with two attached hydrogens (primary N) is 1. The van der Waals surface area contributed by atoms with E-state index in [0.29, 0.717) is 0 Å². The summed E-state index contributed by atoms with van der Waals surface area (Å²) < 4.78 is 0. The maximum Gasteiger partial charge on any atom is 0.237 e. The van der Waals surface area contributed by atoms with E-state index in [-0.39, 0.29) is 11.9 Å². The third-order valence-electron chi connectivity index (χ3n) is 3.49. The Hall–Kier alpha value is -1.35. The molecular formula is C16H26N2O. The molecule has 3 heteroatoms. The van der Waals surface area contributed by atoms with E-state index in [1.807, 2.05) is 6.92 Å². The number of rotatable bonds is 7. The second-order valence-corrected chi connectivity index (χ2v) is 5.70. The quantitative estimate of drug-likeness (QED) is 0.793. The molecule has 19 heavy (non-hydrogen) atoms. The maximum absolute atomic E-state index is 11.3. The van der Waals surface area contributed by atoms with E-state index in [2.05, 4.69) is 36.5 Å². The molecule has 0 radical (unpaired) electrons. The average Bonchev–Trinajstić information content (AvgIpc) is 2.36. The lowest BCUT2D eigenvalue weighted by atomic mass is 9.99. The van der Waals surface area contributed by atoms with E-state index < -0.39 is 5.54 Å². The second kappa shape index (κ2) is 6.71. The molecule has 1 rings (SSSR count). The largest absolute Gasteiger partial charge is 0.368 e. The summed E-state index contributed by atoms with van der Waals surface area (Å²) >= 11 is 0. The van der Waals surface area contributed by atoms with E-state index in [0.717, 1.165) is 6.42 Å². The summed E-state index contributed by atoms with van der Waals surface area (Å²) in [4.78, 5) is 11.3. The summed E-state index contributed by atoms with van der Waals surface area (Å²) in [7, 11) is 0. The van der Waals surface area contributed by atoms with E-state index in [1.54, 1.807) is 13.8 Å². The van der Waals surface area contributed by atoms with E-state index in [9.17, 15) is 4.79 Å². The van der Waals surface area contributed by atoms with Crippen LogP contribution in [0.15, 0.2) is 24.3 Å². The Kier molecular flexibility index (Phi) is 5.55. The fourth-order valence-electron chi connectivity index (χ4n) is 2.05. The molecule has 0 saturated carbocycles. The predicted molar refractivity (Wildman–Crippen MR) is 79.9 cm³/mol. The number of carbonyl (C=O) groups is 1. The summed E-state index contributed by atoms with van der Waals surface area (Å²) in [5, 5.41) is 3.26. The Balaban J connectivity index is 2.67. The molecule has 0 bridgehead atoms. The van der Waals surface area contributed by atoms with Gasteiger partial charge in [0.1, 0.15) is 0 Å². The average molecular weight is 262 g/mol. The minimum absolute atomic E-state index is 0.0997. The number of amides is 1. The molecule has 1 aromatic rings. The Bertz CT molecular complexity index is 409. The first-order valence-electron chi connectivity index (χ1n) is 7.03. The van der Waals surface area contributed by atoms with Gasteiger partial charge in [-0.25, -0.2) is 0 Å². The van der Waals surface area contributed by atoms with Crippen LogP contribution in [0.5, 0.6) is 0 Å². The molecule has 1 aromatic carbocycles. The molecule has 1 amide bonds. The molecule has 0 saturated heterocycles. The molecule has 0 aromatic heterocycles. The van der Waals surface area contributed by atoms with Gasteiger partial charge in [-0.15, -0.1) is 0 Å². The first-order chi connectivity index (χ1) is 8.86. The molecule has 106 valence electrons. The molecule has 0 fully saturated rings. The molecule has 0 aliphatic rings. The van der Waals surface area contributed by atoms with Crippen LogP contribution < -0.4 is 11.1 Å². The summed E-state index contributed by atoms with van der Waals surface area (Å²) in [5.41, 5.74) is 7.22. The maximum atomic E-state index is 11.3. The Morgan fingerprint density at radius 1 is 1.32 bits per heavy atom. The molecule has 0 heterocycles. The third-order valence-corrected chi connectivity index (χ3v) is 3.49. The van der Waals surface area contributed by atoms with Gasteiger partial charge in [0.15, 0.2) is 0 Å². The zero-order chi connectivity index (χ0) is 14.5.